The third-order valence-corrected chi connectivity index (χ3v) is 3.62. The third-order valence-electron chi connectivity index (χ3n) is 2.88. The molecule has 0 aliphatic rings. The first kappa shape index (κ1) is 16.1. The minimum Gasteiger partial charge on any atom is -0.484 e. The van der Waals surface area contributed by atoms with Crippen molar-refractivity contribution in [2.75, 3.05) is 12.9 Å². The normalized spacial score (nSPS) is 10.6. The number of hydrazone groups is 1. The van der Waals surface area contributed by atoms with E-state index in [0.717, 1.165) is 11.1 Å². The van der Waals surface area contributed by atoms with Gasteiger partial charge in [-0.3, -0.25) is 4.79 Å². The van der Waals surface area contributed by atoms with Gasteiger partial charge in [-0.2, -0.15) is 5.10 Å². The number of nitrogens with one attached hydrogen (secondary N) is 1. The number of carbonyl (C=O) groups is 1. The molecule has 0 spiro atoms. The van der Waals surface area contributed by atoms with E-state index in [9.17, 15) is 4.79 Å². The molecule has 2 rings (SSSR count). The molecular formula is C17H18N2O2S. The molecule has 1 amide bonds. The number of thioether (sulfide) groups is 1. The van der Waals surface area contributed by atoms with Gasteiger partial charge >= 0.3 is 0 Å². The van der Waals surface area contributed by atoms with E-state index in [4.69, 9.17) is 4.74 Å². The highest BCUT2D eigenvalue weighted by Gasteiger charge is 2.01. The number of nitrogens with zero attached hydrogens (tertiary/aromatic N) is 1. The van der Waals surface area contributed by atoms with Crippen LogP contribution in [0.4, 0.5) is 0 Å². The maximum atomic E-state index is 11.6. The van der Waals surface area contributed by atoms with Gasteiger partial charge in [0.1, 0.15) is 5.75 Å². The van der Waals surface area contributed by atoms with Gasteiger partial charge in [0.2, 0.25) is 0 Å². The van der Waals surface area contributed by atoms with Gasteiger partial charge in [0.15, 0.2) is 6.61 Å². The molecule has 2 aromatic rings. The molecule has 1 N–H and O–H groups in total. The van der Waals surface area contributed by atoms with Gasteiger partial charge in [0.25, 0.3) is 5.91 Å². The Balaban J connectivity index is 1.78. The molecular weight excluding hydrogens is 296 g/mol. The molecule has 0 aromatic heterocycles. The van der Waals surface area contributed by atoms with Gasteiger partial charge in [0, 0.05) is 4.90 Å². The molecule has 0 heterocycles. The number of ether oxygens (including phenoxy) is 1. The molecule has 4 nitrogen and oxygen atoms in total. The van der Waals surface area contributed by atoms with Gasteiger partial charge in [-0.05, 0) is 48.6 Å². The van der Waals surface area contributed by atoms with Crippen molar-refractivity contribution in [1.29, 1.82) is 0 Å². The molecule has 0 aliphatic heterocycles. The second-order valence-electron chi connectivity index (χ2n) is 4.67. The number of amides is 1. The lowest BCUT2D eigenvalue weighted by molar-refractivity contribution is -0.123. The maximum absolute atomic E-state index is 11.6. The average Bonchev–Trinajstić information content (AvgIpc) is 2.54. The summed E-state index contributed by atoms with van der Waals surface area (Å²) < 4.78 is 5.39. The number of carbonyl (C=O) groups excluding carboxylic acids is 1. The Morgan fingerprint density at radius 2 is 2.05 bits per heavy atom. The van der Waals surface area contributed by atoms with E-state index in [0.29, 0.717) is 5.75 Å². The van der Waals surface area contributed by atoms with Crippen molar-refractivity contribution in [3.05, 3.63) is 59.7 Å². The summed E-state index contributed by atoms with van der Waals surface area (Å²) in [7, 11) is 0. The van der Waals surface area contributed by atoms with Gasteiger partial charge in [0.05, 0.1) is 6.21 Å². The largest absolute Gasteiger partial charge is 0.484 e. The van der Waals surface area contributed by atoms with E-state index in [1.54, 1.807) is 18.0 Å². The van der Waals surface area contributed by atoms with Crippen molar-refractivity contribution in [3.63, 3.8) is 0 Å². The Morgan fingerprint density at radius 3 is 2.73 bits per heavy atom. The van der Waals surface area contributed by atoms with Crippen LogP contribution in [-0.2, 0) is 4.79 Å². The molecule has 2 aromatic carbocycles. The second-order valence-corrected chi connectivity index (χ2v) is 5.55. The maximum Gasteiger partial charge on any atom is 0.277 e. The van der Waals surface area contributed by atoms with Crippen LogP contribution < -0.4 is 10.2 Å². The van der Waals surface area contributed by atoms with Gasteiger partial charge in [-0.15, -0.1) is 11.8 Å². The zero-order valence-corrected chi connectivity index (χ0v) is 13.4. The quantitative estimate of drug-likeness (QED) is 0.506. The fourth-order valence-electron chi connectivity index (χ4n) is 1.76. The molecule has 0 radical (unpaired) electrons. The summed E-state index contributed by atoms with van der Waals surface area (Å²) in [6.07, 6.45) is 3.63. The first-order valence-electron chi connectivity index (χ1n) is 6.83. The summed E-state index contributed by atoms with van der Waals surface area (Å²) in [6.45, 7) is 1.91. The van der Waals surface area contributed by atoms with E-state index in [1.165, 1.54) is 4.90 Å². The number of benzene rings is 2. The summed E-state index contributed by atoms with van der Waals surface area (Å²) in [4.78, 5) is 12.8. The predicted molar refractivity (Wildman–Crippen MR) is 90.6 cm³/mol. The van der Waals surface area contributed by atoms with Gasteiger partial charge in [-0.1, -0.05) is 24.3 Å². The van der Waals surface area contributed by atoms with Crippen LogP contribution in [0.1, 0.15) is 11.1 Å². The molecule has 0 fully saturated rings. The molecule has 0 aliphatic carbocycles. The van der Waals surface area contributed by atoms with Gasteiger partial charge in [-0.25, -0.2) is 5.43 Å². The third kappa shape index (κ3) is 5.26. The summed E-state index contributed by atoms with van der Waals surface area (Å²) in [6, 6.07) is 15.5. The molecule has 0 atom stereocenters. The minimum absolute atomic E-state index is 0.0633. The van der Waals surface area contributed by atoms with Gasteiger partial charge < -0.3 is 4.74 Å². The minimum atomic E-state index is -0.293. The van der Waals surface area contributed by atoms with Crippen LogP contribution in [0.15, 0.2) is 58.5 Å². The first-order valence-corrected chi connectivity index (χ1v) is 8.05. The van der Waals surface area contributed by atoms with E-state index in [2.05, 4.69) is 10.5 Å². The van der Waals surface area contributed by atoms with Crippen molar-refractivity contribution in [1.82, 2.24) is 5.43 Å². The van der Waals surface area contributed by atoms with E-state index >= 15 is 0 Å². The van der Waals surface area contributed by atoms with E-state index in [1.807, 2.05) is 61.7 Å². The summed E-state index contributed by atoms with van der Waals surface area (Å²) >= 11 is 1.68. The van der Waals surface area contributed by atoms with Crippen molar-refractivity contribution in [3.8, 4) is 5.75 Å². The lowest BCUT2D eigenvalue weighted by atomic mass is 10.2. The Kier molecular flexibility index (Phi) is 6.03. The van der Waals surface area contributed by atoms with Crippen LogP contribution in [0.2, 0.25) is 0 Å². The van der Waals surface area contributed by atoms with Crippen molar-refractivity contribution in [2.24, 2.45) is 5.10 Å². The molecule has 0 saturated carbocycles. The van der Waals surface area contributed by atoms with Crippen LogP contribution in [0, 0.1) is 6.92 Å². The molecule has 5 heteroatoms. The monoisotopic (exact) mass is 314 g/mol. The SMILES string of the molecule is CSc1ccc(/C=N\NC(=O)COc2cccc(C)c2)cc1. The van der Waals surface area contributed by atoms with Crippen LogP contribution in [0.3, 0.4) is 0 Å². The predicted octanol–water partition coefficient (Wildman–Crippen LogP) is 3.25. The fourth-order valence-corrected chi connectivity index (χ4v) is 2.16. The molecule has 114 valence electrons. The number of hydrogen-bond acceptors (Lipinski definition) is 4. The Labute approximate surface area is 134 Å². The van der Waals surface area contributed by atoms with Crippen LogP contribution in [-0.4, -0.2) is 25.0 Å². The first-order chi connectivity index (χ1) is 10.7. The Bertz CT molecular complexity index is 654. The smallest absolute Gasteiger partial charge is 0.277 e. The van der Waals surface area contributed by atoms with E-state index < -0.39 is 0 Å². The number of aryl methyl sites for hydroxylation is 1. The Morgan fingerprint density at radius 1 is 1.27 bits per heavy atom. The molecule has 0 unspecified atom stereocenters. The highest BCUT2D eigenvalue weighted by Crippen LogP contribution is 2.14. The highest BCUT2D eigenvalue weighted by atomic mass is 32.2. The van der Waals surface area contributed by atoms with Crippen LogP contribution in [0.5, 0.6) is 5.75 Å². The van der Waals surface area contributed by atoms with Crippen molar-refractivity contribution < 1.29 is 9.53 Å². The van der Waals surface area contributed by atoms with Crippen molar-refractivity contribution >= 4 is 23.9 Å². The molecule has 0 bridgehead atoms. The average molecular weight is 314 g/mol. The fraction of sp³-hybridized carbons (Fsp3) is 0.176. The summed E-state index contributed by atoms with van der Waals surface area (Å²) in [5.74, 6) is 0.380. The van der Waals surface area contributed by atoms with E-state index in [-0.39, 0.29) is 12.5 Å². The Hall–Kier alpha value is -2.27. The summed E-state index contributed by atoms with van der Waals surface area (Å²) in [5, 5.41) is 3.92. The second kappa shape index (κ2) is 8.24. The lowest BCUT2D eigenvalue weighted by Crippen LogP contribution is -2.24. The van der Waals surface area contributed by atoms with Crippen molar-refractivity contribution in [2.45, 2.75) is 11.8 Å². The zero-order chi connectivity index (χ0) is 15.8. The molecule has 0 saturated heterocycles. The highest BCUT2D eigenvalue weighted by molar-refractivity contribution is 7.98. The molecule has 22 heavy (non-hydrogen) atoms. The standard InChI is InChI=1S/C17H18N2O2S/c1-13-4-3-5-15(10-13)21-12-17(20)19-18-11-14-6-8-16(22-2)9-7-14/h3-11H,12H2,1-2H3,(H,19,20)/b18-11-. The number of rotatable bonds is 6. The topological polar surface area (TPSA) is 50.7 Å². The van der Waals surface area contributed by atoms with Crippen LogP contribution >= 0.6 is 11.8 Å². The summed E-state index contributed by atoms with van der Waals surface area (Å²) in [5.41, 5.74) is 4.46. The lowest BCUT2D eigenvalue weighted by Gasteiger charge is -2.05. The zero-order valence-electron chi connectivity index (χ0n) is 12.6. The number of hydrogen-bond donors (Lipinski definition) is 1. The van der Waals surface area contributed by atoms with Crippen LogP contribution in [0.25, 0.3) is 0 Å².